The van der Waals surface area contributed by atoms with Gasteiger partial charge in [-0.2, -0.15) is 0 Å². The number of hydrogen-bond acceptors (Lipinski definition) is 6. The number of carbonyl (C=O) groups is 2. The summed E-state index contributed by atoms with van der Waals surface area (Å²) in [6.45, 7) is 0.414. The molecule has 3 aromatic carbocycles. The van der Waals surface area contributed by atoms with Gasteiger partial charge in [-0.1, -0.05) is 24.3 Å². The Balaban J connectivity index is 1.64. The summed E-state index contributed by atoms with van der Waals surface area (Å²) >= 11 is 0. The maximum Gasteiger partial charge on any atom is 0.255 e. The third-order valence-corrected chi connectivity index (χ3v) is 6.06. The lowest BCUT2D eigenvalue weighted by atomic mass is 10.0. The molecule has 0 fully saturated rings. The Morgan fingerprint density at radius 1 is 0.857 bits per heavy atom. The van der Waals surface area contributed by atoms with Gasteiger partial charge in [-0.25, -0.2) is 0 Å². The van der Waals surface area contributed by atoms with Crippen LogP contribution in [0.3, 0.4) is 0 Å². The first-order valence-electron chi connectivity index (χ1n) is 11.1. The van der Waals surface area contributed by atoms with Crippen LogP contribution in [0.1, 0.15) is 33.9 Å². The van der Waals surface area contributed by atoms with Crippen LogP contribution in [-0.2, 0) is 11.3 Å². The number of hydrogen-bond donors (Lipinski definition) is 1. The number of nitrogens with one attached hydrogen (secondary N) is 1. The van der Waals surface area contributed by atoms with Crippen molar-refractivity contribution in [3.63, 3.8) is 0 Å². The SMILES string of the molecule is COc1ccc(NC(=O)CC(c2ccc(OC)c(OC)c2)N2Cc3ccccc3C2=O)cc1OC. The molecule has 2 amide bonds. The highest BCUT2D eigenvalue weighted by atomic mass is 16.5. The van der Waals surface area contributed by atoms with Crippen LogP contribution in [0.15, 0.2) is 60.7 Å². The first-order valence-corrected chi connectivity index (χ1v) is 11.1. The van der Waals surface area contributed by atoms with E-state index in [1.807, 2.05) is 36.4 Å². The van der Waals surface area contributed by atoms with E-state index in [-0.39, 0.29) is 18.2 Å². The summed E-state index contributed by atoms with van der Waals surface area (Å²) in [5.74, 6) is 1.81. The summed E-state index contributed by atoms with van der Waals surface area (Å²) in [5.41, 5.74) is 2.92. The van der Waals surface area contributed by atoms with Crippen LogP contribution in [-0.4, -0.2) is 45.2 Å². The smallest absolute Gasteiger partial charge is 0.255 e. The molecule has 0 saturated heterocycles. The van der Waals surface area contributed by atoms with Gasteiger partial charge in [0.05, 0.1) is 40.9 Å². The van der Waals surface area contributed by atoms with Gasteiger partial charge in [0.1, 0.15) is 0 Å². The molecule has 0 saturated carbocycles. The molecule has 0 aliphatic carbocycles. The second kappa shape index (κ2) is 10.4. The van der Waals surface area contributed by atoms with Crippen LogP contribution in [0, 0.1) is 0 Å². The number of nitrogens with zero attached hydrogens (tertiary/aromatic N) is 1. The molecule has 1 N–H and O–H groups in total. The number of carbonyl (C=O) groups excluding carboxylic acids is 2. The Hall–Kier alpha value is -4.20. The second-order valence-electron chi connectivity index (χ2n) is 8.04. The zero-order valence-corrected chi connectivity index (χ0v) is 20.2. The van der Waals surface area contributed by atoms with Crippen molar-refractivity contribution >= 4 is 17.5 Å². The van der Waals surface area contributed by atoms with E-state index in [0.717, 1.165) is 11.1 Å². The summed E-state index contributed by atoms with van der Waals surface area (Å²) in [5, 5.41) is 2.91. The van der Waals surface area contributed by atoms with Gasteiger partial charge in [-0.05, 0) is 41.5 Å². The maximum absolute atomic E-state index is 13.3. The molecule has 1 atom stereocenters. The van der Waals surface area contributed by atoms with E-state index >= 15 is 0 Å². The van der Waals surface area contributed by atoms with E-state index in [2.05, 4.69) is 5.32 Å². The number of anilines is 1. The van der Waals surface area contributed by atoms with E-state index in [9.17, 15) is 9.59 Å². The van der Waals surface area contributed by atoms with Crippen molar-refractivity contribution in [1.82, 2.24) is 4.90 Å². The maximum atomic E-state index is 13.3. The van der Waals surface area contributed by atoms with E-state index in [1.165, 1.54) is 7.11 Å². The molecule has 0 bridgehead atoms. The van der Waals surface area contributed by atoms with Crippen molar-refractivity contribution in [2.45, 2.75) is 19.0 Å². The van der Waals surface area contributed by atoms with Crippen LogP contribution in [0.5, 0.6) is 23.0 Å². The van der Waals surface area contributed by atoms with Crippen molar-refractivity contribution in [2.75, 3.05) is 33.8 Å². The summed E-state index contributed by atoms with van der Waals surface area (Å²) < 4.78 is 21.4. The lowest BCUT2D eigenvalue weighted by Crippen LogP contribution is -2.32. The van der Waals surface area contributed by atoms with Crippen molar-refractivity contribution in [1.29, 1.82) is 0 Å². The van der Waals surface area contributed by atoms with Gasteiger partial charge in [0.15, 0.2) is 23.0 Å². The van der Waals surface area contributed by atoms with Crippen LogP contribution in [0.25, 0.3) is 0 Å². The Kier molecular flexibility index (Phi) is 7.10. The number of rotatable bonds is 9. The van der Waals surface area contributed by atoms with Crippen LogP contribution in [0.4, 0.5) is 5.69 Å². The molecular formula is C27H28N2O6. The first-order chi connectivity index (χ1) is 17.0. The van der Waals surface area contributed by atoms with Gasteiger partial charge in [-0.15, -0.1) is 0 Å². The molecule has 1 aliphatic heterocycles. The predicted molar refractivity (Wildman–Crippen MR) is 131 cm³/mol. The number of amides is 2. The van der Waals surface area contributed by atoms with Crippen molar-refractivity contribution in [2.24, 2.45) is 0 Å². The van der Waals surface area contributed by atoms with Gasteiger partial charge in [-0.3, -0.25) is 9.59 Å². The lowest BCUT2D eigenvalue weighted by Gasteiger charge is -2.28. The van der Waals surface area contributed by atoms with Gasteiger partial charge in [0.25, 0.3) is 5.91 Å². The minimum atomic E-state index is -0.519. The third-order valence-electron chi connectivity index (χ3n) is 6.06. The first kappa shape index (κ1) is 23.9. The summed E-state index contributed by atoms with van der Waals surface area (Å²) in [6.07, 6.45) is 0.0452. The van der Waals surface area contributed by atoms with Gasteiger partial charge >= 0.3 is 0 Å². The third kappa shape index (κ3) is 4.87. The monoisotopic (exact) mass is 476 g/mol. The summed E-state index contributed by atoms with van der Waals surface area (Å²) in [6, 6.07) is 17.6. The minimum absolute atomic E-state index is 0.0452. The predicted octanol–water partition coefficient (Wildman–Crippen LogP) is 4.45. The highest BCUT2D eigenvalue weighted by Crippen LogP contribution is 2.38. The summed E-state index contributed by atoms with van der Waals surface area (Å²) in [7, 11) is 6.20. The molecule has 8 heteroatoms. The normalized spacial score (nSPS) is 13.1. The number of methoxy groups -OCH3 is 4. The van der Waals surface area contributed by atoms with Gasteiger partial charge in [0, 0.05) is 23.9 Å². The molecule has 0 aromatic heterocycles. The Labute approximate surface area is 204 Å². The fourth-order valence-corrected chi connectivity index (χ4v) is 4.30. The average molecular weight is 477 g/mol. The Morgan fingerprint density at radius 3 is 2.14 bits per heavy atom. The number of benzene rings is 3. The second-order valence-corrected chi connectivity index (χ2v) is 8.04. The zero-order valence-electron chi connectivity index (χ0n) is 20.2. The molecule has 3 aromatic rings. The van der Waals surface area contributed by atoms with Crippen molar-refractivity contribution < 1.29 is 28.5 Å². The average Bonchev–Trinajstić information content (AvgIpc) is 3.22. The topological polar surface area (TPSA) is 86.3 Å². The van der Waals surface area contributed by atoms with E-state index in [4.69, 9.17) is 18.9 Å². The largest absolute Gasteiger partial charge is 0.493 e. The van der Waals surface area contributed by atoms with Gasteiger partial charge in [0.2, 0.25) is 5.91 Å². The Bertz CT molecular complexity index is 1240. The van der Waals surface area contributed by atoms with E-state index < -0.39 is 6.04 Å². The quantitative estimate of drug-likeness (QED) is 0.491. The Morgan fingerprint density at radius 2 is 1.49 bits per heavy atom. The zero-order chi connectivity index (χ0) is 24.9. The highest BCUT2D eigenvalue weighted by Gasteiger charge is 2.35. The standard InChI is InChI=1S/C27H28N2O6/c1-32-22-11-9-17(13-24(22)34-3)21(29-16-18-7-5-6-8-20(18)27(29)31)15-26(30)28-19-10-12-23(33-2)25(14-19)35-4/h5-14,21H,15-16H2,1-4H3,(H,28,30). The van der Waals surface area contributed by atoms with Crippen LogP contribution < -0.4 is 24.3 Å². The highest BCUT2D eigenvalue weighted by molar-refractivity contribution is 5.99. The molecule has 0 spiro atoms. The minimum Gasteiger partial charge on any atom is -0.493 e. The molecule has 0 radical (unpaired) electrons. The van der Waals surface area contributed by atoms with Crippen molar-refractivity contribution in [3.8, 4) is 23.0 Å². The molecular weight excluding hydrogens is 448 g/mol. The fraction of sp³-hybridized carbons (Fsp3) is 0.259. The van der Waals surface area contributed by atoms with Gasteiger partial charge < -0.3 is 29.2 Å². The van der Waals surface area contributed by atoms with E-state index in [0.29, 0.717) is 40.8 Å². The molecule has 35 heavy (non-hydrogen) atoms. The number of fused-ring (bicyclic) bond motifs is 1. The molecule has 1 heterocycles. The summed E-state index contributed by atoms with van der Waals surface area (Å²) in [4.78, 5) is 28.2. The fourth-order valence-electron chi connectivity index (χ4n) is 4.30. The lowest BCUT2D eigenvalue weighted by molar-refractivity contribution is -0.117. The number of ether oxygens (including phenoxy) is 4. The molecule has 1 unspecified atom stereocenters. The molecule has 1 aliphatic rings. The van der Waals surface area contributed by atoms with E-state index in [1.54, 1.807) is 50.5 Å². The van der Waals surface area contributed by atoms with Crippen LogP contribution >= 0.6 is 0 Å². The molecule has 4 rings (SSSR count). The van der Waals surface area contributed by atoms with Crippen molar-refractivity contribution in [3.05, 3.63) is 77.4 Å². The molecule has 8 nitrogen and oxygen atoms in total. The molecule has 182 valence electrons. The van der Waals surface area contributed by atoms with Crippen LogP contribution in [0.2, 0.25) is 0 Å².